The number of benzene rings is 1. The zero-order chi connectivity index (χ0) is 21.7. The second kappa shape index (κ2) is 9.30. The molecule has 1 rings (SSSR count). The molecule has 0 fully saturated rings. The van der Waals surface area contributed by atoms with Gasteiger partial charge in [-0.3, -0.25) is 0 Å². The quantitative estimate of drug-likeness (QED) is 0.707. The van der Waals surface area contributed by atoms with Crippen LogP contribution in [0.15, 0.2) is 12.1 Å². The van der Waals surface area contributed by atoms with Gasteiger partial charge in [0.2, 0.25) is 0 Å². The van der Waals surface area contributed by atoms with E-state index in [1.807, 2.05) is 19.1 Å². The number of amides is 1. The molecule has 2 N–H and O–H groups in total. The molecule has 0 aliphatic heterocycles. The molecule has 0 bridgehead atoms. The molecule has 0 saturated heterocycles. The fraction of sp³-hybridized carbons (Fsp3) is 0.636. The number of hydrogen-bond donors (Lipinski definition) is 2. The molecule has 1 aromatic rings. The van der Waals surface area contributed by atoms with Gasteiger partial charge < -0.3 is 19.9 Å². The molecule has 0 spiro atoms. The Hall–Kier alpha value is -2.24. The summed E-state index contributed by atoms with van der Waals surface area (Å²) in [5.74, 6) is -0.253. The molecule has 6 nitrogen and oxygen atoms in total. The number of hydrogen-bond acceptors (Lipinski definition) is 4. The molecule has 1 unspecified atom stereocenters. The van der Waals surface area contributed by atoms with E-state index in [-0.39, 0.29) is 11.8 Å². The van der Waals surface area contributed by atoms with E-state index >= 15 is 0 Å². The van der Waals surface area contributed by atoms with Crippen LogP contribution in [0.2, 0.25) is 0 Å². The highest BCUT2D eigenvalue weighted by Crippen LogP contribution is 2.35. The van der Waals surface area contributed by atoms with E-state index < -0.39 is 23.7 Å². The lowest BCUT2D eigenvalue weighted by Crippen LogP contribution is -2.44. The average molecular weight is 394 g/mol. The first kappa shape index (κ1) is 23.8. The lowest BCUT2D eigenvalue weighted by molar-refractivity contribution is -0.139. The highest BCUT2D eigenvalue weighted by atomic mass is 16.6. The first-order chi connectivity index (χ1) is 12.7. The number of carbonyl (C=O) groups is 2. The second-order valence-corrected chi connectivity index (χ2v) is 9.13. The molecule has 0 radical (unpaired) electrons. The Morgan fingerprint density at radius 3 is 2.21 bits per heavy atom. The van der Waals surface area contributed by atoms with E-state index in [0.717, 1.165) is 28.9 Å². The first-order valence-electron chi connectivity index (χ1n) is 9.73. The van der Waals surface area contributed by atoms with Crippen molar-refractivity contribution in [1.82, 2.24) is 5.32 Å². The average Bonchev–Trinajstić information content (AvgIpc) is 2.50. The number of nitrogens with one attached hydrogen (secondary N) is 1. The van der Waals surface area contributed by atoms with Gasteiger partial charge in [-0.25, -0.2) is 9.59 Å². The van der Waals surface area contributed by atoms with Crippen LogP contribution in [-0.4, -0.2) is 35.4 Å². The zero-order valence-electron chi connectivity index (χ0n) is 18.4. The predicted molar refractivity (Wildman–Crippen MR) is 110 cm³/mol. The van der Waals surface area contributed by atoms with Gasteiger partial charge in [-0.1, -0.05) is 39.8 Å². The summed E-state index contributed by atoms with van der Waals surface area (Å²) >= 11 is 0. The lowest BCUT2D eigenvalue weighted by Gasteiger charge is -2.26. The van der Waals surface area contributed by atoms with Crippen LogP contribution in [0, 0.1) is 6.92 Å². The zero-order valence-corrected chi connectivity index (χ0v) is 18.4. The molecule has 0 aliphatic rings. The van der Waals surface area contributed by atoms with Crippen molar-refractivity contribution < 1.29 is 24.2 Å². The van der Waals surface area contributed by atoms with Gasteiger partial charge in [-0.05, 0) is 50.7 Å². The first-order valence-corrected chi connectivity index (χ1v) is 9.73. The maximum atomic E-state index is 12.0. The standard InChI is InChI=1S/C22H35NO5/c1-9-10-27-18-14(2)11-15(12-16(18)21(3,4)5)13-17(19(24)25)23-20(26)28-22(6,7)8/h11-12,17H,9-10,13H2,1-8H3,(H,23,26)(H,24,25). The molecule has 0 aromatic heterocycles. The van der Waals surface area contributed by atoms with Crippen LogP contribution in [0.4, 0.5) is 4.79 Å². The molecule has 1 atom stereocenters. The predicted octanol–water partition coefficient (Wildman–Crippen LogP) is 4.60. The Morgan fingerprint density at radius 1 is 1.14 bits per heavy atom. The highest BCUT2D eigenvalue weighted by molar-refractivity contribution is 5.80. The highest BCUT2D eigenvalue weighted by Gasteiger charge is 2.26. The minimum absolute atomic E-state index is 0.159. The van der Waals surface area contributed by atoms with Crippen molar-refractivity contribution in [3.63, 3.8) is 0 Å². The molecular weight excluding hydrogens is 358 g/mol. The second-order valence-electron chi connectivity index (χ2n) is 9.13. The van der Waals surface area contributed by atoms with Crippen LogP contribution in [-0.2, 0) is 21.4 Å². The van der Waals surface area contributed by atoms with Crippen molar-refractivity contribution >= 4 is 12.1 Å². The molecule has 1 amide bonds. The Kier molecular flexibility index (Phi) is 7.91. The third-order valence-electron chi connectivity index (χ3n) is 4.02. The normalized spacial score (nSPS) is 13.0. The van der Waals surface area contributed by atoms with Crippen LogP contribution in [0.25, 0.3) is 0 Å². The number of alkyl carbamates (subject to hydrolysis) is 1. The summed E-state index contributed by atoms with van der Waals surface area (Å²) in [5, 5.41) is 12.0. The van der Waals surface area contributed by atoms with Crippen molar-refractivity contribution in [3.05, 3.63) is 28.8 Å². The topological polar surface area (TPSA) is 84.9 Å². The van der Waals surface area contributed by atoms with Gasteiger partial charge in [-0.2, -0.15) is 0 Å². The van der Waals surface area contributed by atoms with Gasteiger partial charge in [0.05, 0.1) is 6.61 Å². The van der Waals surface area contributed by atoms with E-state index in [1.54, 1.807) is 20.8 Å². The molecule has 0 aliphatic carbocycles. The van der Waals surface area contributed by atoms with Gasteiger partial charge >= 0.3 is 12.1 Å². The third-order valence-corrected chi connectivity index (χ3v) is 4.02. The lowest BCUT2D eigenvalue weighted by atomic mass is 9.83. The molecular formula is C22H35NO5. The molecule has 0 heterocycles. The summed E-state index contributed by atoms with van der Waals surface area (Å²) in [6.07, 6.45) is 0.327. The van der Waals surface area contributed by atoms with Crippen LogP contribution < -0.4 is 10.1 Å². The summed E-state index contributed by atoms with van der Waals surface area (Å²) in [7, 11) is 0. The van der Waals surface area contributed by atoms with Gasteiger partial charge in [0.15, 0.2) is 0 Å². The number of carboxylic acids is 1. The van der Waals surface area contributed by atoms with Crippen LogP contribution in [0.3, 0.4) is 0 Å². The van der Waals surface area contributed by atoms with Crippen molar-refractivity contribution in [2.45, 2.75) is 85.3 Å². The Balaban J connectivity index is 3.15. The smallest absolute Gasteiger partial charge is 0.408 e. The molecule has 1 aromatic carbocycles. The monoisotopic (exact) mass is 393 g/mol. The van der Waals surface area contributed by atoms with Crippen molar-refractivity contribution in [2.75, 3.05) is 6.61 Å². The molecule has 0 saturated carbocycles. The molecule has 6 heteroatoms. The van der Waals surface area contributed by atoms with E-state index in [9.17, 15) is 14.7 Å². The van der Waals surface area contributed by atoms with E-state index in [1.165, 1.54) is 0 Å². The number of aliphatic carboxylic acids is 1. The number of carbonyl (C=O) groups excluding carboxylic acids is 1. The Morgan fingerprint density at radius 2 is 1.75 bits per heavy atom. The van der Waals surface area contributed by atoms with E-state index in [2.05, 4.69) is 33.0 Å². The minimum Gasteiger partial charge on any atom is -0.493 e. The number of ether oxygens (including phenoxy) is 2. The van der Waals surface area contributed by atoms with Gasteiger partial charge in [0, 0.05) is 12.0 Å². The largest absolute Gasteiger partial charge is 0.493 e. The van der Waals surface area contributed by atoms with E-state index in [0.29, 0.717) is 6.61 Å². The molecule has 28 heavy (non-hydrogen) atoms. The summed E-state index contributed by atoms with van der Waals surface area (Å²) in [6.45, 7) is 16.1. The molecule has 158 valence electrons. The Labute approximate surface area is 168 Å². The van der Waals surface area contributed by atoms with Crippen LogP contribution >= 0.6 is 0 Å². The van der Waals surface area contributed by atoms with Gasteiger partial charge in [0.25, 0.3) is 0 Å². The van der Waals surface area contributed by atoms with Crippen LogP contribution in [0.1, 0.15) is 71.6 Å². The SMILES string of the molecule is CCCOc1c(C)cc(CC(NC(=O)OC(C)(C)C)C(=O)O)cc1C(C)(C)C. The fourth-order valence-corrected chi connectivity index (χ4v) is 2.80. The maximum Gasteiger partial charge on any atom is 0.408 e. The Bertz CT molecular complexity index is 698. The van der Waals surface area contributed by atoms with Crippen LogP contribution in [0.5, 0.6) is 5.75 Å². The van der Waals surface area contributed by atoms with Gasteiger partial charge in [-0.15, -0.1) is 0 Å². The van der Waals surface area contributed by atoms with Crippen molar-refractivity contribution in [2.24, 2.45) is 0 Å². The van der Waals surface area contributed by atoms with Crippen molar-refractivity contribution in [3.8, 4) is 5.75 Å². The summed E-state index contributed by atoms with van der Waals surface area (Å²) in [6, 6.07) is 2.82. The van der Waals surface area contributed by atoms with E-state index in [4.69, 9.17) is 9.47 Å². The third kappa shape index (κ3) is 7.41. The fourth-order valence-electron chi connectivity index (χ4n) is 2.80. The van der Waals surface area contributed by atoms with Crippen molar-refractivity contribution in [1.29, 1.82) is 0 Å². The minimum atomic E-state index is -1.10. The number of rotatable bonds is 7. The summed E-state index contributed by atoms with van der Waals surface area (Å²) in [4.78, 5) is 23.7. The summed E-state index contributed by atoms with van der Waals surface area (Å²) in [5.41, 5.74) is 1.95. The van der Waals surface area contributed by atoms with Gasteiger partial charge in [0.1, 0.15) is 17.4 Å². The number of carboxylic acid groups (broad SMARTS) is 1. The summed E-state index contributed by atoms with van der Waals surface area (Å²) < 4.78 is 11.2. The maximum absolute atomic E-state index is 12.0. The number of aryl methyl sites for hydroxylation is 1.